The lowest BCUT2D eigenvalue weighted by Crippen LogP contribution is -2.11. The van der Waals surface area contributed by atoms with Crippen LogP contribution in [0.4, 0.5) is 4.39 Å². The molecular weight excluding hydrogens is 306 g/mol. The summed E-state index contributed by atoms with van der Waals surface area (Å²) in [6, 6.07) is 13.1. The van der Waals surface area contributed by atoms with E-state index in [1.165, 1.54) is 17.2 Å². The standard InChI is InChI=1S/C18H17Cl2F/c19-15-8-9-17(21)14(11-15)10-13-6-3-5-12-4-1-2-7-16(12)18(13)20/h1-2,4,7-9,11,13,18H,3,5-6,10H2. The van der Waals surface area contributed by atoms with Crippen molar-refractivity contribution in [3.63, 3.8) is 0 Å². The first-order chi connectivity index (χ1) is 10.1. The van der Waals surface area contributed by atoms with Gasteiger partial charge in [0.15, 0.2) is 0 Å². The van der Waals surface area contributed by atoms with Crippen molar-refractivity contribution in [3.8, 4) is 0 Å². The minimum absolute atomic E-state index is 0.0675. The van der Waals surface area contributed by atoms with Gasteiger partial charge in [0.2, 0.25) is 0 Å². The fraction of sp³-hybridized carbons (Fsp3) is 0.333. The zero-order chi connectivity index (χ0) is 14.8. The molecule has 2 atom stereocenters. The van der Waals surface area contributed by atoms with Gasteiger partial charge in [-0.3, -0.25) is 0 Å². The molecule has 0 spiro atoms. The smallest absolute Gasteiger partial charge is 0.126 e. The number of benzene rings is 2. The molecule has 1 aliphatic carbocycles. The highest BCUT2D eigenvalue weighted by Crippen LogP contribution is 2.40. The number of rotatable bonds is 2. The molecule has 0 fully saturated rings. The molecule has 2 unspecified atom stereocenters. The monoisotopic (exact) mass is 322 g/mol. The SMILES string of the molecule is Fc1ccc(Cl)cc1CC1CCCc2ccccc2C1Cl. The van der Waals surface area contributed by atoms with Crippen LogP contribution in [0.2, 0.25) is 5.02 Å². The predicted molar refractivity (Wildman–Crippen MR) is 86.6 cm³/mol. The average Bonchev–Trinajstić information content (AvgIpc) is 2.64. The summed E-state index contributed by atoms with van der Waals surface area (Å²) in [5, 5.41) is 0.508. The Morgan fingerprint density at radius 3 is 2.81 bits per heavy atom. The van der Waals surface area contributed by atoms with Crippen LogP contribution in [0.15, 0.2) is 42.5 Å². The van der Waals surface area contributed by atoms with Crippen molar-refractivity contribution in [1.82, 2.24) is 0 Å². The van der Waals surface area contributed by atoms with Crippen LogP contribution in [0.1, 0.15) is 34.9 Å². The second kappa shape index (κ2) is 6.37. The third-order valence-corrected chi connectivity index (χ3v) is 5.10. The molecule has 1 aliphatic rings. The highest BCUT2D eigenvalue weighted by molar-refractivity contribution is 6.30. The number of fused-ring (bicyclic) bond motifs is 1. The van der Waals surface area contributed by atoms with Gasteiger partial charge in [0, 0.05) is 5.02 Å². The van der Waals surface area contributed by atoms with E-state index in [1.807, 2.05) is 6.07 Å². The van der Waals surface area contributed by atoms with Gasteiger partial charge >= 0.3 is 0 Å². The van der Waals surface area contributed by atoms with Crippen molar-refractivity contribution in [3.05, 3.63) is 70.0 Å². The molecule has 110 valence electrons. The van der Waals surface area contributed by atoms with Gasteiger partial charge in [-0.25, -0.2) is 4.39 Å². The minimum Gasteiger partial charge on any atom is -0.207 e. The molecule has 0 heterocycles. The van der Waals surface area contributed by atoms with E-state index in [0.29, 0.717) is 17.0 Å². The second-order valence-corrected chi connectivity index (χ2v) is 6.60. The third-order valence-electron chi connectivity index (χ3n) is 4.28. The second-order valence-electron chi connectivity index (χ2n) is 5.69. The van der Waals surface area contributed by atoms with Gasteiger partial charge in [0.05, 0.1) is 5.38 Å². The van der Waals surface area contributed by atoms with Crippen LogP contribution >= 0.6 is 23.2 Å². The highest BCUT2D eigenvalue weighted by atomic mass is 35.5. The molecule has 21 heavy (non-hydrogen) atoms. The summed E-state index contributed by atoms with van der Waals surface area (Å²) in [4.78, 5) is 0. The van der Waals surface area contributed by atoms with E-state index in [2.05, 4.69) is 18.2 Å². The first-order valence-corrected chi connectivity index (χ1v) is 8.12. The molecule has 0 aromatic heterocycles. The average molecular weight is 323 g/mol. The molecule has 2 aromatic rings. The molecule has 0 saturated carbocycles. The molecule has 0 amide bonds. The Bertz CT molecular complexity index is 639. The first kappa shape index (κ1) is 14.9. The van der Waals surface area contributed by atoms with E-state index in [9.17, 15) is 4.39 Å². The van der Waals surface area contributed by atoms with Crippen molar-refractivity contribution in [1.29, 1.82) is 0 Å². The van der Waals surface area contributed by atoms with E-state index >= 15 is 0 Å². The largest absolute Gasteiger partial charge is 0.207 e. The first-order valence-electron chi connectivity index (χ1n) is 7.31. The topological polar surface area (TPSA) is 0 Å². The number of hydrogen-bond acceptors (Lipinski definition) is 0. The molecule has 3 rings (SSSR count). The lowest BCUT2D eigenvalue weighted by Gasteiger charge is -2.21. The van der Waals surface area contributed by atoms with E-state index in [-0.39, 0.29) is 17.1 Å². The zero-order valence-corrected chi connectivity index (χ0v) is 13.2. The van der Waals surface area contributed by atoms with Gasteiger partial charge in [-0.1, -0.05) is 35.9 Å². The Hall–Kier alpha value is -1.05. The summed E-state index contributed by atoms with van der Waals surface area (Å²) in [5.74, 6) is 0.0454. The van der Waals surface area contributed by atoms with E-state index in [4.69, 9.17) is 23.2 Å². The zero-order valence-electron chi connectivity index (χ0n) is 11.7. The van der Waals surface area contributed by atoms with Crippen molar-refractivity contribution in [2.75, 3.05) is 0 Å². The Morgan fingerprint density at radius 2 is 1.95 bits per heavy atom. The Balaban J connectivity index is 1.87. The lowest BCUT2D eigenvalue weighted by molar-refractivity contribution is 0.455. The van der Waals surface area contributed by atoms with Crippen LogP contribution < -0.4 is 0 Å². The molecule has 0 bridgehead atoms. The van der Waals surface area contributed by atoms with Gasteiger partial charge in [-0.15, -0.1) is 11.6 Å². The fourth-order valence-corrected chi connectivity index (χ4v) is 3.80. The fourth-order valence-electron chi connectivity index (χ4n) is 3.17. The van der Waals surface area contributed by atoms with Crippen LogP contribution in [-0.4, -0.2) is 0 Å². The maximum Gasteiger partial charge on any atom is 0.126 e. The van der Waals surface area contributed by atoms with Gasteiger partial charge < -0.3 is 0 Å². The van der Waals surface area contributed by atoms with Gasteiger partial charge in [0.25, 0.3) is 0 Å². The van der Waals surface area contributed by atoms with Crippen molar-refractivity contribution in [2.24, 2.45) is 5.92 Å². The van der Waals surface area contributed by atoms with Crippen LogP contribution in [-0.2, 0) is 12.8 Å². The summed E-state index contributed by atoms with van der Waals surface area (Å²) >= 11 is 12.7. The molecule has 0 N–H and O–H groups in total. The summed E-state index contributed by atoms with van der Waals surface area (Å²) < 4.78 is 13.9. The summed E-state index contributed by atoms with van der Waals surface area (Å²) in [6.07, 6.45) is 3.78. The van der Waals surface area contributed by atoms with Gasteiger partial charge in [-0.2, -0.15) is 0 Å². The Labute approximate surface area is 134 Å². The highest BCUT2D eigenvalue weighted by Gasteiger charge is 2.26. The quantitative estimate of drug-likeness (QED) is 0.473. The molecule has 0 nitrogen and oxygen atoms in total. The third kappa shape index (κ3) is 3.25. The maximum absolute atomic E-state index is 13.9. The summed E-state index contributed by atoms with van der Waals surface area (Å²) in [7, 11) is 0. The van der Waals surface area contributed by atoms with E-state index in [1.54, 1.807) is 12.1 Å². The van der Waals surface area contributed by atoms with Crippen LogP contribution in [0.5, 0.6) is 0 Å². The number of aryl methyl sites for hydroxylation is 1. The van der Waals surface area contributed by atoms with Gasteiger partial charge in [-0.05, 0) is 66.5 Å². The number of halogens is 3. The maximum atomic E-state index is 13.9. The molecule has 0 radical (unpaired) electrons. The van der Waals surface area contributed by atoms with Crippen molar-refractivity contribution in [2.45, 2.75) is 31.1 Å². The summed E-state index contributed by atoms with van der Waals surface area (Å²) in [6.45, 7) is 0. The van der Waals surface area contributed by atoms with E-state index in [0.717, 1.165) is 19.3 Å². The Morgan fingerprint density at radius 1 is 1.14 bits per heavy atom. The number of hydrogen-bond donors (Lipinski definition) is 0. The molecule has 0 aliphatic heterocycles. The molecule has 2 aromatic carbocycles. The predicted octanol–water partition coefficient (Wildman–Crippen LogP) is 5.95. The minimum atomic E-state index is -0.194. The van der Waals surface area contributed by atoms with Crippen LogP contribution in [0, 0.1) is 11.7 Å². The van der Waals surface area contributed by atoms with E-state index < -0.39 is 0 Å². The lowest BCUT2D eigenvalue weighted by atomic mass is 9.90. The van der Waals surface area contributed by atoms with Crippen molar-refractivity contribution < 1.29 is 4.39 Å². The molecule has 0 saturated heterocycles. The number of alkyl halides is 1. The van der Waals surface area contributed by atoms with Crippen LogP contribution in [0.3, 0.4) is 0 Å². The summed E-state index contributed by atoms with van der Waals surface area (Å²) in [5.41, 5.74) is 3.19. The molecule has 3 heteroatoms. The van der Waals surface area contributed by atoms with Gasteiger partial charge in [0.1, 0.15) is 5.82 Å². The van der Waals surface area contributed by atoms with Crippen molar-refractivity contribution >= 4 is 23.2 Å². The normalized spacial score (nSPS) is 21.7. The molecular formula is C18H17Cl2F. The Kier molecular flexibility index (Phi) is 4.51. The van der Waals surface area contributed by atoms with Crippen LogP contribution in [0.25, 0.3) is 0 Å².